The normalized spacial score (nSPS) is 10.2. The minimum absolute atomic E-state index is 0.172. The first kappa shape index (κ1) is 12.7. The van der Waals surface area contributed by atoms with Gasteiger partial charge in [-0.25, -0.2) is 4.68 Å². The quantitative estimate of drug-likeness (QED) is 0.854. The largest absolute Gasteiger partial charge is 0.480 e. The number of hydrogen-bond acceptors (Lipinski definition) is 4. The summed E-state index contributed by atoms with van der Waals surface area (Å²) < 4.78 is 1.29. The van der Waals surface area contributed by atoms with Crippen LogP contribution in [0.3, 0.4) is 0 Å². The van der Waals surface area contributed by atoms with Crippen molar-refractivity contribution < 1.29 is 14.7 Å². The van der Waals surface area contributed by atoms with Crippen LogP contribution in [0, 0.1) is 0 Å². The first-order chi connectivity index (χ1) is 9.06. The van der Waals surface area contributed by atoms with Crippen LogP contribution < -0.4 is 5.32 Å². The molecule has 1 amide bonds. The molecule has 0 aliphatic heterocycles. The van der Waals surface area contributed by atoms with Gasteiger partial charge < -0.3 is 10.4 Å². The lowest BCUT2D eigenvalue weighted by Crippen LogP contribution is -2.11. The third-order valence-corrected chi connectivity index (χ3v) is 2.38. The number of nitrogens with one attached hydrogen (secondary N) is 1. The summed E-state index contributed by atoms with van der Waals surface area (Å²) in [4.78, 5) is 21.7. The summed E-state index contributed by atoms with van der Waals surface area (Å²) >= 11 is 0. The molecule has 7 nitrogen and oxygen atoms in total. The molecular weight excluding hydrogens is 248 g/mol. The van der Waals surface area contributed by atoms with Crippen molar-refractivity contribution >= 4 is 17.6 Å². The molecule has 98 valence electrons. The molecule has 0 aliphatic carbocycles. The zero-order valence-electron chi connectivity index (χ0n) is 10.2. The summed E-state index contributed by atoms with van der Waals surface area (Å²) in [5, 5.41) is 18.9. The number of hydrogen-bond donors (Lipinski definition) is 2. The summed E-state index contributed by atoms with van der Waals surface area (Å²) in [6.07, 6.45) is 1.48. The number of carboxylic acids is 1. The van der Waals surface area contributed by atoms with E-state index in [1.54, 1.807) is 24.3 Å². The Morgan fingerprint density at radius 2 is 2.21 bits per heavy atom. The van der Waals surface area contributed by atoms with Gasteiger partial charge in [-0.15, -0.1) is 5.10 Å². The molecule has 0 fully saturated rings. The van der Waals surface area contributed by atoms with Gasteiger partial charge in [0, 0.05) is 18.2 Å². The number of aromatic nitrogens is 3. The second kappa shape index (κ2) is 5.30. The Hall–Kier alpha value is -2.70. The van der Waals surface area contributed by atoms with Crippen LogP contribution in [-0.4, -0.2) is 32.0 Å². The van der Waals surface area contributed by atoms with Gasteiger partial charge in [0.15, 0.2) is 0 Å². The third kappa shape index (κ3) is 3.15. The van der Waals surface area contributed by atoms with Crippen LogP contribution >= 0.6 is 0 Å². The van der Waals surface area contributed by atoms with Crippen molar-refractivity contribution in [2.24, 2.45) is 0 Å². The predicted octanol–water partition coefficient (Wildman–Crippen LogP) is 0.988. The maximum Gasteiger partial charge on any atom is 0.325 e. The molecule has 1 aromatic carbocycles. The van der Waals surface area contributed by atoms with E-state index < -0.39 is 5.97 Å². The van der Waals surface area contributed by atoms with Gasteiger partial charge in [0.25, 0.3) is 0 Å². The van der Waals surface area contributed by atoms with E-state index in [0.717, 1.165) is 5.56 Å². The van der Waals surface area contributed by atoms with Gasteiger partial charge in [0.05, 0.1) is 11.9 Å². The molecule has 0 aliphatic rings. The van der Waals surface area contributed by atoms with Crippen molar-refractivity contribution in [1.29, 1.82) is 0 Å². The summed E-state index contributed by atoms with van der Waals surface area (Å²) in [7, 11) is 0. The molecule has 0 radical (unpaired) electrons. The molecule has 2 aromatic rings. The maximum atomic E-state index is 11.0. The predicted molar refractivity (Wildman–Crippen MR) is 67.4 cm³/mol. The van der Waals surface area contributed by atoms with Crippen molar-refractivity contribution in [3.8, 4) is 11.3 Å². The molecule has 2 N–H and O–H groups in total. The molecule has 7 heteroatoms. The lowest BCUT2D eigenvalue weighted by molar-refractivity contribution is -0.137. The molecule has 2 rings (SSSR count). The number of aliphatic carboxylic acids is 1. The molecular formula is C12H12N4O3. The van der Waals surface area contributed by atoms with E-state index in [2.05, 4.69) is 15.6 Å². The first-order valence-corrected chi connectivity index (χ1v) is 5.54. The minimum Gasteiger partial charge on any atom is -0.480 e. The molecule has 1 aromatic heterocycles. The fourth-order valence-corrected chi connectivity index (χ4v) is 1.69. The summed E-state index contributed by atoms with van der Waals surface area (Å²) in [5.41, 5.74) is 1.94. The Balaban J connectivity index is 2.33. The summed E-state index contributed by atoms with van der Waals surface area (Å²) in [6, 6.07) is 7.04. The number of benzene rings is 1. The van der Waals surface area contributed by atoms with Gasteiger partial charge >= 0.3 is 5.97 Å². The van der Waals surface area contributed by atoms with Gasteiger partial charge in [-0.2, -0.15) is 0 Å². The highest BCUT2D eigenvalue weighted by molar-refractivity contribution is 5.89. The van der Waals surface area contributed by atoms with Crippen LogP contribution in [0.25, 0.3) is 11.3 Å². The molecule has 0 bridgehead atoms. The lowest BCUT2D eigenvalue weighted by atomic mass is 10.1. The van der Waals surface area contributed by atoms with Gasteiger partial charge in [0.2, 0.25) is 5.91 Å². The molecule has 0 atom stereocenters. The van der Waals surface area contributed by atoms with E-state index >= 15 is 0 Å². The van der Waals surface area contributed by atoms with Gasteiger partial charge in [-0.05, 0) is 12.1 Å². The van der Waals surface area contributed by atoms with Crippen LogP contribution in [0.5, 0.6) is 0 Å². The number of anilines is 1. The number of rotatable bonds is 4. The van der Waals surface area contributed by atoms with E-state index in [-0.39, 0.29) is 12.5 Å². The highest BCUT2D eigenvalue weighted by Crippen LogP contribution is 2.21. The van der Waals surface area contributed by atoms with Gasteiger partial charge in [0.1, 0.15) is 6.54 Å². The highest BCUT2D eigenvalue weighted by atomic mass is 16.4. The summed E-state index contributed by atoms with van der Waals surface area (Å²) in [5.74, 6) is -1.17. The van der Waals surface area contributed by atoms with Crippen molar-refractivity contribution in [3.05, 3.63) is 30.5 Å². The zero-order valence-corrected chi connectivity index (χ0v) is 10.2. The highest BCUT2D eigenvalue weighted by Gasteiger charge is 2.10. The minimum atomic E-state index is -0.996. The molecule has 19 heavy (non-hydrogen) atoms. The Morgan fingerprint density at radius 3 is 2.89 bits per heavy atom. The fraction of sp³-hybridized carbons (Fsp3) is 0.167. The fourth-order valence-electron chi connectivity index (χ4n) is 1.69. The van der Waals surface area contributed by atoms with Crippen LogP contribution in [0.1, 0.15) is 6.92 Å². The Labute approximate surface area is 108 Å². The van der Waals surface area contributed by atoms with Crippen molar-refractivity contribution in [1.82, 2.24) is 15.0 Å². The maximum absolute atomic E-state index is 11.0. The molecule has 0 spiro atoms. The van der Waals surface area contributed by atoms with Gasteiger partial charge in [-0.1, -0.05) is 17.3 Å². The number of amides is 1. The van der Waals surface area contributed by atoms with Crippen molar-refractivity contribution in [2.45, 2.75) is 13.5 Å². The standard InChI is InChI=1S/C12H12N4O3/c1-8(17)14-10-4-2-3-9(5-10)11-6-13-15-16(11)7-12(18)19/h2-6H,7H2,1H3,(H,14,17)(H,18,19). The van der Waals surface area contributed by atoms with E-state index in [1.165, 1.54) is 17.8 Å². The van der Waals surface area contributed by atoms with Crippen LogP contribution in [0.2, 0.25) is 0 Å². The second-order valence-electron chi connectivity index (χ2n) is 3.93. The molecule has 1 heterocycles. The topological polar surface area (TPSA) is 97.1 Å². The number of nitrogens with zero attached hydrogens (tertiary/aromatic N) is 3. The van der Waals surface area contributed by atoms with E-state index in [1.807, 2.05) is 0 Å². The monoisotopic (exact) mass is 260 g/mol. The molecule has 0 saturated heterocycles. The average Bonchev–Trinajstić information content (AvgIpc) is 2.75. The van der Waals surface area contributed by atoms with Crippen LogP contribution in [0.4, 0.5) is 5.69 Å². The zero-order chi connectivity index (χ0) is 13.8. The first-order valence-electron chi connectivity index (χ1n) is 5.54. The molecule has 0 saturated carbocycles. The van der Waals surface area contributed by atoms with E-state index in [4.69, 9.17) is 5.11 Å². The number of carboxylic acid groups (broad SMARTS) is 1. The van der Waals surface area contributed by atoms with Crippen molar-refractivity contribution in [3.63, 3.8) is 0 Å². The van der Waals surface area contributed by atoms with Gasteiger partial charge in [-0.3, -0.25) is 9.59 Å². The average molecular weight is 260 g/mol. The SMILES string of the molecule is CC(=O)Nc1cccc(-c2cnnn2CC(=O)O)c1. The van der Waals surface area contributed by atoms with Crippen molar-refractivity contribution in [2.75, 3.05) is 5.32 Å². The Morgan fingerprint density at radius 1 is 1.42 bits per heavy atom. The smallest absolute Gasteiger partial charge is 0.325 e. The van der Waals surface area contributed by atoms with Crippen LogP contribution in [0.15, 0.2) is 30.5 Å². The number of carbonyl (C=O) groups excluding carboxylic acids is 1. The van der Waals surface area contributed by atoms with E-state index in [9.17, 15) is 9.59 Å². The third-order valence-electron chi connectivity index (χ3n) is 2.38. The molecule has 0 unspecified atom stereocenters. The summed E-state index contributed by atoms with van der Waals surface area (Å²) in [6.45, 7) is 1.16. The second-order valence-corrected chi connectivity index (χ2v) is 3.93. The number of carbonyl (C=O) groups is 2. The lowest BCUT2D eigenvalue weighted by Gasteiger charge is -2.06. The Kier molecular flexibility index (Phi) is 3.56. The van der Waals surface area contributed by atoms with Crippen LogP contribution in [-0.2, 0) is 16.1 Å². The van der Waals surface area contributed by atoms with E-state index in [0.29, 0.717) is 11.4 Å². The Bertz CT molecular complexity index is 621.